The first-order valence-corrected chi connectivity index (χ1v) is 2.00. The van der Waals surface area contributed by atoms with E-state index in [1.807, 2.05) is 0 Å². The third kappa shape index (κ3) is 82.8. The van der Waals surface area contributed by atoms with Crippen molar-refractivity contribution in [2.75, 3.05) is 0 Å². The van der Waals surface area contributed by atoms with Crippen LogP contribution in [0, 0.1) is 41.7 Å². The van der Waals surface area contributed by atoms with Gasteiger partial charge in [0, 0.05) is 52.1 Å². The predicted molar refractivity (Wildman–Crippen MR) is 10.5 cm³/mol. The molecule has 0 aromatic carbocycles. The van der Waals surface area contributed by atoms with Crippen LogP contribution >= 0.6 is 0 Å². The van der Waals surface area contributed by atoms with Crippen LogP contribution in [-0.4, -0.2) is 17.5 Å². The van der Waals surface area contributed by atoms with E-state index in [1.54, 1.807) is 0 Å². The summed E-state index contributed by atoms with van der Waals surface area (Å²) in [5.74, 6) is 0. The van der Waals surface area contributed by atoms with Gasteiger partial charge in [0.2, 0.25) is 0 Å². The maximum atomic E-state index is 8.52. The predicted octanol–water partition coefficient (Wildman–Crippen LogP) is -1.34. The molecule has 7 heavy (non-hydrogen) atoms. The van der Waals surface area contributed by atoms with E-state index in [-0.39, 0.29) is 58.8 Å². The Morgan fingerprint density at radius 3 is 1.14 bits per heavy atom. The fraction of sp³-hybridized carbons (Fsp3) is 0. The molecule has 0 aliphatic rings. The summed E-state index contributed by atoms with van der Waals surface area (Å²) in [7, 11) is -5.17. The van der Waals surface area contributed by atoms with Crippen LogP contribution in [0.5, 0.6) is 0 Å². The average molecular weight is 292 g/mol. The van der Waals surface area contributed by atoms with Crippen molar-refractivity contribution in [2.45, 2.75) is 0 Å². The van der Waals surface area contributed by atoms with Gasteiger partial charge in [0.25, 0.3) is 0 Å². The van der Waals surface area contributed by atoms with Crippen LogP contribution < -0.4 is 0 Å². The normalized spacial score (nSPS) is 8.29. The van der Waals surface area contributed by atoms with E-state index in [9.17, 15) is 0 Å². The SMILES string of the molecule is O=S(=O)([O-])[O-].[Ce].[Fe+2]. The molecule has 0 rings (SSSR count). The second-order valence-electron chi connectivity index (χ2n) is 0.408. The van der Waals surface area contributed by atoms with Gasteiger partial charge in [-0.1, -0.05) is 0 Å². The van der Waals surface area contributed by atoms with Gasteiger partial charge >= 0.3 is 17.1 Å². The van der Waals surface area contributed by atoms with Gasteiger partial charge in [-0.05, 0) is 0 Å². The largest absolute Gasteiger partial charge is 2.00 e. The molecule has 0 aromatic heterocycles. The van der Waals surface area contributed by atoms with Crippen LogP contribution in [-0.2, 0) is 27.5 Å². The quantitative estimate of drug-likeness (QED) is 0.314. The minimum absolute atomic E-state index is 0. The molecule has 0 amide bonds. The fourth-order valence-electron chi connectivity index (χ4n) is 0. The van der Waals surface area contributed by atoms with E-state index in [4.69, 9.17) is 17.5 Å². The average Bonchev–Trinajstić information content (AvgIpc) is 0.722. The first-order valence-electron chi connectivity index (χ1n) is 0.667. The zero-order chi connectivity index (χ0) is 4.50. The zero-order valence-electron chi connectivity index (χ0n) is 2.89. The number of hydrogen-bond acceptors (Lipinski definition) is 4. The molecule has 0 unspecified atom stereocenters. The summed E-state index contributed by atoms with van der Waals surface area (Å²) in [6.07, 6.45) is 0. The molecule has 0 bridgehead atoms. The summed E-state index contributed by atoms with van der Waals surface area (Å²) in [6, 6.07) is 0. The maximum absolute atomic E-state index is 8.52. The first-order chi connectivity index (χ1) is 2.00. The molecule has 0 aromatic rings. The second-order valence-corrected chi connectivity index (χ2v) is 1.22. The van der Waals surface area contributed by atoms with E-state index in [2.05, 4.69) is 0 Å². The van der Waals surface area contributed by atoms with Gasteiger partial charge < -0.3 is 9.11 Å². The molecule has 7 heteroatoms. The van der Waals surface area contributed by atoms with Crippen molar-refractivity contribution < 1.29 is 76.3 Å². The summed E-state index contributed by atoms with van der Waals surface area (Å²) < 4.78 is 34.1. The van der Waals surface area contributed by atoms with Crippen molar-refractivity contribution in [2.24, 2.45) is 0 Å². The van der Waals surface area contributed by atoms with Crippen molar-refractivity contribution in [1.29, 1.82) is 0 Å². The van der Waals surface area contributed by atoms with Gasteiger partial charge in [-0.2, -0.15) is 0 Å². The molecule has 0 saturated heterocycles. The maximum Gasteiger partial charge on any atom is 2.00 e. The molecule has 0 aliphatic carbocycles. The van der Waals surface area contributed by atoms with Crippen LogP contribution in [0.4, 0.5) is 0 Å². The summed E-state index contributed by atoms with van der Waals surface area (Å²) in [6.45, 7) is 0. The molecule has 0 fully saturated rings. The first kappa shape index (κ1) is 15.9. The Bertz CT molecular complexity index is 94.9. The van der Waals surface area contributed by atoms with Crippen molar-refractivity contribution >= 4 is 10.4 Å². The molecule has 0 radical (unpaired) electrons. The molecule has 0 spiro atoms. The molecule has 0 atom stereocenters. The minimum Gasteiger partial charge on any atom is -0.759 e. The monoisotopic (exact) mass is 292 g/mol. The Balaban J connectivity index is -0.0000000800. The number of hydrogen-bond donors (Lipinski definition) is 0. The Morgan fingerprint density at radius 2 is 1.14 bits per heavy atom. The van der Waals surface area contributed by atoms with E-state index in [1.165, 1.54) is 0 Å². The molecule has 0 saturated carbocycles. The number of rotatable bonds is 0. The van der Waals surface area contributed by atoms with Gasteiger partial charge in [0.1, 0.15) is 0 Å². The minimum atomic E-state index is -5.17. The van der Waals surface area contributed by atoms with E-state index < -0.39 is 10.4 Å². The van der Waals surface area contributed by atoms with Gasteiger partial charge in [-0.25, -0.2) is 0 Å². The summed E-state index contributed by atoms with van der Waals surface area (Å²) in [4.78, 5) is 0. The molecule has 42 valence electrons. The molecule has 4 nitrogen and oxygen atoms in total. The Hall–Kier alpha value is 1.77. The summed E-state index contributed by atoms with van der Waals surface area (Å²) in [5, 5.41) is 0. The third-order valence-electron chi connectivity index (χ3n) is 0. The van der Waals surface area contributed by atoms with Crippen LogP contribution in [0.1, 0.15) is 0 Å². The Morgan fingerprint density at radius 1 is 1.14 bits per heavy atom. The Labute approximate surface area is 85.5 Å². The smallest absolute Gasteiger partial charge is 0.759 e. The van der Waals surface area contributed by atoms with Crippen molar-refractivity contribution in [3.63, 3.8) is 0 Å². The van der Waals surface area contributed by atoms with Gasteiger partial charge in [-0.3, -0.25) is 8.42 Å². The molecular weight excluding hydrogens is 292 g/mol. The van der Waals surface area contributed by atoms with E-state index in [0.717, 1.165) is 0 Å². The van der Waals surface area contributed by atoms with Crippen molar-refractivity contribution in [3.05, 3.63) is 0 Å². The molecule has 0 N–H and O–H groups in total. The molecule has 0 aliphatic heterocycles. The topological polar surface area (TPSA) is 80.3 Å². The summed E-state index contributed by atoms with van der Waals surface area (Å²) in [5.41, 5.74) is 0. The van der Waals surface area contributed by atoms with Crippen molar-refractivity contribution in [3.8, 4) is 0 Å². The third-order valence-corrected chi connectivity index (χ3v) is 0. The molecular formula is CeFeO4S. The van der Waals surface area contributed by atoms with E-state index >= 15 is 0 Å². The summed E-state index contributed by atoms with van der Waals surface area (Å²) >= 11 is 0. The van der Waals surface area contributed by atoms with Crippen LogP contribution in [0.25, 0.3) is 0 Å². The fourth-order valence-corrected chi connectivity index (χ4v) is 0. The van der Waals surface area contributed by atoms with Gasteiger partial charge in [0.05, 0.1) is 0 Å². The van der Waals surface area contributed by atoms with Gasteiger partial charge in [-0.15, -0.1) is 0 Å². The van der Waals surface area contributed by atoms with Crippen molar-refractivity contribution in [1.82, 2.24) is 0 Å². The second kappa shape index (κ2) is 5.89. The Kier molecular flexibility index (Phi) is 13.4. The standard InChI is InChI=1S/Ce.Fe.H2O4S/c;;1-5(2,3)4/h;;(H2,1,2,3,4)/q;+2;/p-2. The van der Waals surface area contributed by atoms with Crippen LogP contribution in [0.2, 0.25) is 0 Å². The zero-order valence-corrected chi connectivity index (χ0v) is 7.96. The van der Waals surface area contributed by atoms with Crippen LogP contribution in [0.15, 0.2) is 0 Å². The van der Waals surface area contributed by atoms with Gasteiger partial charge in [0.15, 0.2) is 0 Å². The van der Waals surface area contributed by atoms with Crippen LogP contribution in [0.3, 0.4) is 0 Å². The molecule has 0 heterocycles. The van der Waals surface area contributed by atoms with E-state index in [0.29, 0.717) is 0 Å².